The van der Waals surface area contributed by atoms with Crippen LogP contribution in [0.2, 0.25) is 0 Å². The van der Waals surface area contributed by atoms with Gasteiger partial charge in [0.2, 0.25) is 0 Å². The second-order valence-electron chi connectivity index (χ2n) is 10.2. The molecule has 3 heteroatoms. The Morgan fingerprint density at radius 3 is 2.56 bits per heavy atom. The van der Waals surface area contributed by atoms with Crippen molar-refractivity contribution in [3.05, 3.63) is 11.8 Å². The van der Waals surface area contributed by atoms with Crippen molar-refractivity contribution in [2.75, 3.05) is 14.1 Å². The Morgan fingerprint density at radius 1 is 1.08 bits per heavy atom. The summed E-state index contributed by atoms with van der Waals surface area (Å²) in [6.07, 6.45) is 10.9. The van der Waals surface area contributed by atoms with E-state index in [9.17, 15) is 9.90 Å². The first kappa shape index (κ1) is 17.6. The van der Waals surface area contributed by atoms with Gasteiger partial charge in [-0.2, -0.15) is 0 Å². The van der Waals surface area contributed by atoms with Gasteiger partial charge < -0.3 is 10.0 Å². The molecule has 0 aliphatic heterocycles. The summed E-state index contributed by atoms with van der Waals surface area (Å²) >= 11 is 0. The summed E-state index contributed by atoms with van der Waals surface area (Å²) in [4.78, 5) is 15.2. The predicted molar refractivity (Wildman–Crippen MR) is 99.9 cm³/mol. The van der Waals surface area contributed by atoms with Crippen molar-refractivity contribution in [3.8, 4) is 0 Å². The van der Waals surface area contributed by atoms with Crippen LogP contribution in [0.1, 0.15) is 65.2 Å². The largest absolute Gasteiger partial charge is 0.393 e. The van der Waals surface area contributed by atoms with E-state index in [0.29, 0.717) is 29.0 Å². The number of carbonyl (C=O) groups is 1. The molecule has 0 saturated heterocycles. The third-order valence-corrected chi connectivity index (χ3v) is 8.69. The highest BCUT2D eigenvalue weighted by molar-refractivity contribution is 6.02. The van der Waals surface area contributed by atoms with Gasteiger partial charge in [0.1, 0.15) is 0 Å². The minimum atomic E-state index is -0.125. The van der Waals surface area contributed by atoms with Gasteiger partial charge in [0.15, 0.2) is 5.78 Å². The number of hydrogen-bond acceptors (Lipinski definition) is 3. The average Bonchev–Trinajstić information content (AvgIpc) is 2.79. The molecule has 0 aromatic rings. The van der Waals surface area contributed by atoms with Crippen molar-refractivity contribution in [2.45, 2.75) is 71.3 Å². The van der Waals surface area contributed by atoms with Gasteiger partial charge in [-0.25, -0.2) is 0 Å². The average molecular weight is 346 g/mol. The van der Waals surface area contributed by atoms with Gasteiger partial charge in [-0.15, -0.1) is 0 Å². The Kier molecular flexibility index (Phi) is 4.10. The number of hydrogen-bond donors (Lipinski definition) is 1. The molecule has 25 heavy (non-hydrogen) atoms. The molecule has 0 spiro atoms. The Bertz CT molecular complexity index is 597. The Balaban J connectivity index is 1.64. The number of nitrogens with zero attached hydrogens (tertiary/aromatic N) is 1. The summed E-state index contributed by atoms with van der Waals surface area (Å²) in [6, 6.07) is 0. The molecule has 4 saturated carbocycles. The summed E-state index contributed by atoms with van der Waals surface area (Å²) in [5, 5.41) is 10.1. The number of allylic oxidation sites excluding steroid dienone is 1. The smallest absolute Gasteiger partial charge is 0.166 e. The molecule has 4 rings (SSSR count). The van der Waals surface area contributed by atoms with Gasteiger partial charge >= 0.3 is 0 Å². The van der Waals surface area contributed by atoms with E-state index in [2.05, 4.69) is 20.0 Å². The van der Waals surface area contributed by atoms with Crippen molar-refractivity contribution in [1.82, 2.24) is 4.90 Å². The highest BCUT2D eigenvalue weighted by atomic mass is 16.3. The van der Waals surface area contributed by atoms with Crippen LogP contribution in [-0.4, -0.2) is 36.0 Å². The molecule has 0 radical (unpaired) electrons. The molecule has 4 fully saturated rings. The summed E-state index contributed by atoms with van der Waals surface area (Å²) in [5.74, 6) is 3.11. The lowest BCUT2D eigenvalue weighted by atomic mass is 9.45. The Labute approximate surface area is 152 Å². The number of aliphatic hydroxyl groups excluding tert-OH is 1. The van der Waals surface area contributed by atoms with Gasteiger partial charge in [-0.1, -0.05) is 13.8 Å². The van der Waals surface area contributed by atoms with Crippen LogP contribution in [-0.2, 0) is 4.79 Å². The van der Waals surface area contributed by atoms with Crippen molar-refractivity contribution < 1.29 is 9.90 Å². The minimum absolute atomic E-state index is 0.0776. The van der Waals surface area contributed by atoms with Crippen LogP contribution in [0.5, 0.6) is 0 Å². The van der Waals surface area contributed by atoms with E-state index in [1.165, 1.54) is 25.7 Å². The van der Waals surface area contributed by atoms with Gasteiger partial charge in [0, 0.05) is 31.3 Å². The van der Waals surface area contributed by atoms with Gasteiger partial charge in [0.05, 0.1) is 6.10 Å². The summed E-state index contributed by atoms with van der Waals surface area (Å²) in [6.45, 7) is 4.77. The monoisotopic (exact) mass is 345 g/mol. The molecule has 0 aromatic heterocycles. The molecule has 0 aromatic carbocycles. The molecule has 3 nitrogen and oxygen atoms in total. The molecule has 0 amide bonds. The van der Waals surface area contributed by atoms with Crippen molar-refractivity contribution in [1.29, 1.82) is 0 Å². The normalized spacial score (nSPS) is 51.0. The predicted octanol–water partition coefficient (Wildman–Crippen LogP) is 4.01. The lowest BCUT2D eigenvalue weighted by Crippen LogP contribution is -2.54. The zero-order valence-electron chi connectivity index (χ0n) is 16.4. The number of rotatable bonds is 1. The van der Waals surface area contributed by atoms with Crippen molar-refractivity contribution in [2.24, 2.45) is 34.5 Å². The molecule has 1 N–H and O–H groups in total. The van der Waals surface area contributed by atoms with Crippen molar-refractivity contribution in [3.63, 3.8) is 0 Å². The molecule has 0 bridgehead atoms. The van der Waals surface area contributed by atoms with Crippen LogP contribution in [0.15, 0.2) is 11.8 Å². The fraction of sp³-hybridized carbons (Fsp3) is 0.864. The maximum Gasteiger partial charge on any atom is 0.166 e. The topological polar surface area (TPSA) is 40.5 Å². The number of ketones is 1. The summed E-state index contributed by atoms with van der Waals surface area (Å²) in [5.41, 5.74) is 1.32. The van der Waals surface area contributed by atoms with E-state index < -0.39 is 0 Å². The fourth-order valence-electron chi connectivity index (χ4n) is 7.33. The number of Topliss-reactive ketones (excluding diaryl/α,β-unsaturated/α-hetero) is 1. The third kappa shape index (κ3) is 2.52. The Hall–Kier alpha value is -0.830. The van der Waals surface area contributed by atoms with Gasteiger partial charge in [-0.3, -0.25) is 4.79 Å². The first-order chi connectivity index (χ1) is 11.8. The first-order valence-electron chi connectivity index (χ1n) is 10.4. The second-order valence-corrected chi connectivity index (χ2v) is 10.2. The molecule has 0 unspecified atom stereocenters. The van der Waals surface area contributed by atoms with Gasteiger partial charge in [0.25, 0.3) is 0 Å². The molecule has 7 atom stereocenters. The molecule has 4 aliphatic rings. The Morgan fingerprint density at radius 2 is 1.84 bits per heavy atom. The highest BCUT2D eigenvalue weighted by Gasteiger charge is 2.61. The number of aliphatic hydroxyl groups is 1. The van der Waals surface area contributed by atoms with E-state index in [0.717, 1.165) is 37.2 Å². The van der Waals surface area contributed by atoms with Crippen LogP contribution >= 0.6 is 0 Å². The maximum atomic E-state index is 13.1. The molecule has 4 aliphatic carbocycles. The zero-order valence-corrected chi connectivity index (χ0v) is 16.4. The van der Waals surface area contributed by atoms with Crippen LogP contribution < -0.4 is 0 Å². The van der Waals surface area contributed by atoms with E-state index in [-0.39, 0.29) is 11.5 Å². The quantitative estimate of drug-likeness (QED) is 0.730. The first-order valence-corrected chi connectivity index (χ1v) is 10.4. The third-order valence-electron chi connectivity index (χ3n) is 8.69. The van der Waals surface area contributed by atoms with E-state index >= 15 is 0 Å². The van der Waals surface area contributed by atoms with E-state index in [1.54, 1.807) is 0 Å². The molecular weight excluding hydrogens is 310 g/mol. The lowest BCUT2D eigenvalue weighted by molar-refractivity contribution is -0.141. The minimum Gasteiger partial charge on any atom is -0.393 e. The fourth-order valence-corrected chi connectivity index (χ4v) is 7.33. The van der Waals surface area contributed by atoms with Crippen LogP contribution in [0.4, 0.5) is 0 Å². The lowest BCUT2D eigenvalue weighted by Gasteiger charge is -2.59. The molecule has 0 heterocycles. The standard InChI is InChI=1S/C22H35NO2/c1-21-9-7-16(24)12-15(21)5-6-17-18(21)8-10-22(2)19(17)11-14(20(22)25)13-23(3)4/h13,15-19,24H,5-12H2,1-4H3/b14-13-/t15-,16-,17+,18-,19-,21-,22-/m0/s1. The molecular formula is C22H35NO2. The zero-order chi connectivity index (χ0) is 18.0. The second kappa shape index (κ2) is 5.84. The van der Waals surface area contributed by atoms with Crippen molar-refractivity contribution >= 4 is 5.78 Å². The van der Waals surface area contributed by atoms with E-state index in [1.807, 2.05) is 19.0 Å². The van der Waals surface area contributed by atoms with Gasteiger partial charge in [-0.05, 0) is 80.5 Å². The maximum absolute atomic E-state index is 13.1. The SMILES string of the molecule is CN(C)/C=C1/C[C@H]2[C@@H]3CC[C@H]4C[C@@H](O)CC[C@]4(C)[C@H]3CC[C@]2(C)C1=O. The summed E-state index contributed by atoms with van der Waals surface area (Å²) < 4.78 is 0. The van der Waals surface area contributed by atoms with Crippen LogP contribution in [0, 0.1) is 34.5 Å². The number of carbonyl (C=O) groups excluding carboxylic acids is 1. The van der Waals surface area contributed by atoms with Crippen LogP contribution in [0.25, 0.3) is 0 Å². The highest BCUT2D eigenvalue weighted by Crippen LogP contribution is 2.66. The molecule has 140 valence electrons. The number of fused-ring (bicyclic) bond motifs is 5. The summed E-state index contributed by atoms with van der Waals surface area (Å²) in [7, 11) is 4.04. The van der Waals surface area contributed by atoms with Crippen LogP contribution in [0.3, 0.4) is 0 Å². The van der Waals surface area contributed by atoms with E-state index in [4.69, 9.17) is 0 Å².